The quantitative estimate of drug-likeness (QED) is 0.826. The molecule has 1 aromatic heterocycles. The third-order valence-electron chi connectivity index (χ3n) is 3.35. The van der Waals surface area contributed by atoms with E-state index in [1.807, 2.05) is 0 Å². The number of hydrogen-bond acceptors (Lipinski definition) is 2. The van der Waals surface area contributed by atoms with Gasteiger partial charge < -0.3 is 9.88 Å². The molecule has 0 radical (unpaired) electrons. The molecule has 1 aromatic rings. The van der Waals surface area contributed by atoms with Crippen LogP contribution in [0.25, 0.3) is 0 Å². The number of imidazole rings is 1. The highest BCUT2D eigenvalue weighted by atomic mass is 15.2. The highest BCUT2D eigenvalue weighted by Crippen LogP contribution is 2.37. The summed E-state index contributed by atoms with van der Waals surface area (Å²) in [5.74, 6) is 1.72. The summed E-state index contributed by atoms with van der Waals surface area (Å²) in [7, 11) is 0. The molecule has 2 rings (SSSR count). The third kappa shape index (κ3) is 2.39. The highest BCUT2D eigenvalue weighted by Gasteiger charge is 2.27. The van der Waals surface area contributed by atoms with Gasteiger partial charge in [0.15, 0.2) is 0 Å². The van der Waals surface area contributed by atoms with Crippen molar-refractivity contribution in [2.75, 3.05) is 5.32 Å². The monoisotopic (exact) mass is 221 g/mol. The van der Waals surface area contributed by atoms with Crippen LogP contribution in [0.5, 0.6) is 0 Å². The van der Waals surface area contributed by atoms with Crippen LogP contribution >= 0.6 is 0 Å². The van der Waals surface area contributed by atoms with Gasteiger partial charge in [0.25, 0.3) is 0 Å². The Labute approximate surface area is 98.3 Å². The van der Waals surface area contributed by atoms with Crippen LogP contribution in [0.15, 0.2) is 6.20 Å². The van der Waals surface area contributed by atoms with Crippen molar-refractivity contribution in [2.45, 2.75) is 59.0 Å². The number of nitrogens with one attached hydrogen (secondary N) is 1. The van der Waals surface area contributed by atoms with Crippen molar-refractivity contribution in [1.29, 1.82) is 0 Å². The van der Waals surface area contributed by atoms with Gasteiger partial charge in [0.2, 0.25) is 5.95 Å². The molecule has 0 saturated heterocycles. The second-order valence-corrected chi connectivity index (χ2v) is 5.25. The Morgan fingerprint density at radius 3 is 2.69 bits per heavy atom. The first-order valence-corrected chi connectivity index (χ1v) is 6.43. The van der Waals surface area contributed by atoms with Gasteiger partial charge in [-0.15, -0.1) is 0 Å². The lowest BCUT2D eigenvalue weighted by Crippen LogP contribution is -2.26. The summed E-state index contributed by atoms with van der Waals surface area (Å²) in [4.78, 5) is 4.59. The zero-order valence-corrected chi connectivity index (χ0v) is 10.8. The molecule has 0 spiro atoms. The summed E-state index contributed by atoms with van der Waals surface area (Å²) >= 11 is 0. The molecule has 1 fully saturated rings. The summed E-state index contributed by atoms with van der Waals surface area (Å²) in [6.45, 7) is 8.83. The van der Waals surface area contributed by atoms with Crippen molar-refractivity contribution in [3.8, 4) is 0 Å². The normalized spacial score (nSPS) is 17.8. The Hall–Kier alpha value is -0.990. The largest absolute Gasteiger partial charge is 0.353 e. The maximum Gasteiger partial charge on any atom is 0.203 e. The van der Waals surface area contributed by atoms with Gasteiger partial charge in [0.1, 0.15) is 0 Å². The van der Waals surface area contributed by atoms with Crippen LogP contribution in [0.3, 0.4) is 0 Å². The molecule has 0 amide bonds. The van der Waals surface area contributed by atoms with Crippen LogP contribution in [0.4, 0.5) is 5.95 Å². The van der Waals surface area contributed by atoms with E-state index < -0.39 is 0 Å². The summed E-state index contributed by atoms with van der Waals surface area (Å²) < 4.78 is 2.32. The Bertz CT molecular complexity index is 350. The minimum absolute atomic E-state index is 0.527. The summed E-state index contributed by atoms with van der Waals surface area (Å²) in [6, 6.07) is 1.23. The first kappa shape index (κ1) is 11.5. The Kier molecular flexibility index (Phi) is 3.22. The lowest BCUT2D eigenvalue weighted by molar-refractivity contribution is 0.504. The molecule has 3 nitrogen and oxygen atoms in total. The van der Waals surface area contributed by atoms with E-state index in [1.54, 1.807) is 0 Å². The fourth-order valence-electron chi connectivity index (χ4n) is 2.16. The Balaban J connectivity index is 2.13. The van der Waals surface area contributed by atoms with E-state index in [4.69, 9.17) is 0 Å². The predicted octanol–water partition coefficient (Wildman–Crippen LogP) is 3.37. The molecule has 90 valence electrons. The second kappa shape index (κ2) is 4.48. The molecule has 1 aliphatic carbocycles. The maximum absolute atomic E-state index is 4.59. The van der Waals surface area contributed by atoms with E-state index >= 15 is 0 Å². The lowest BCUT2D eigenvalue weighted by Gasteiger charge is -2.21. The molecule has 1 saturated carbocycles. The number of hydrogen-bond donors (Lipinski definition) is 1. The molecule has 1 atom stereocenters. The van der Waals surface area contributed by atoms with Gasteiger partial charge in [-0.25, -0.2) is 4.98 Å². The smallest absolute Gasteiger partial charge is 0.203 e. The summed E-state index contributed by atoms with van der Waals surface area (Å²) in [6.07, 6.45) is 5.94. The molecule has 0 aromatic carbocycles. The van der Waals surface area contributed by atoms with Gasteiger partial charge in [-0.05, 0) is 32.1 Å². The summed E-state index contributed by atoms with van der Waals surface area (Å²) in [5.41, 5.74) is 1.12. The van der Waals surface area contributed by atoms with Gasteiger partial charge in [0.05, 0.1) is 5.69 Å². The Morgan fingerprint density at radius 1 is 1.50 bits per heavy atom. The minimum Gasteiger partial charge on any atom is -0.353 e. The predicted molar refractivity (Wildman–Crippen MR) is 67.8 cm³/mol. The van der Waals surface area contributed by atoms with Crippen molar-refractivity contribution >= 4 is 5.95 Å². The Morgan fingerprint density at radius 2 is 2.19 bits per heavy atom. The van der Waals surface area contributed by atoms with E-state index in [9.17, 15) is 0 Å². The number of rotatable bonds is 5. The molecular weight excluding hydrogens is 198 g/mol. The van der Waals surface area contributed by atoms with Gasteiger partial charge in [-0.2, -0.15) is 0 Å². The average Bonchev–Trinajstić information content (AvgIpc) is 2.99. The third-order valence-corrected chi connectivity index (χ3v) is 3.35. The summed E-state index contributed by atoms with van der Waals surface area (Å²) in [5, 5.41) is 3.59. The van der Waals surface area contributed by atoms with E-state index in [0.29, 0.717) is 18.0 Å². The topological polar surface area (TPSA) is 29.9 Å². The molecule has 1 aliphatic rings. The van der Waals surface area contributed by atoms with Crippen molar-refractivity contribution in [3.63, 3.8) is 0 Å². The van der Waals surface area contributed by atoms with Gasteiger partial charge in [-0.1, -0.05) is 20.8 Å². The second-order valence-electron chi connectivity index (χ2n) is 5.25. The molecule has 16 heavy (non-hydrogen) atoms. The number of nitrogens with zero attached hydrogens (tertiary/aromatic N) is 2. The van der Waals surface area contributed by atoms with E-state index in [2.05, 4.69) is 48.8 Å². The number of aryl methyl sites for hydroxylation is 1. The lowest BCUT2D eigenvalue weighted by atomic mass is 10.0. The average molecular weight is 221 g/mol. The van der Waals surface area contributed by atoms with Gasteiger partial charge in [0, 0.05) is 18.3 Å². The van der Waals surface area contributed by atoms with E-state index in [1.165, 1.54) is 12.8 Å². The van der Waals surface area contributed by atoms with Crippen LogP contribution in [-0.4, -0.2) is 15.6 Å². The van der Waals surface area contributed by atoms with Crippen molar-refractivity contribution in [1.82, 2.24) is 9.55 Å². The van der Waals surface area contributed by atoms with Crippen molar-refractivity contribution in [2.24, 2.45) is 5.92 Å². The number of aromatic nitrogens is 2. The molecule has 0 bridgehead atoms. The highest BCUT2D eigenvalue weighted by molar-refractivity contribution is 5.32. The van der Waals surface area contributed by atoms with E-state index in [-0.39, 0.29) is 0 Å². The zero-order chi connectivity index (χ0) is 11.7. The fraction of sp³-hybridized carbons (Fsp3) is 0.769. The zero-order valence-electron chi connectivity index (χ0n) is 10.8. The molecule has 1 unspecified atom stereocenters. The molecule has 3 heteroatoms. The molecule has 1 heterocycles. The minimum atomic E-state index is 0.527. The van der Waals surface area contributed by atoms with Crippen molar-refractivity contribution in [3.05, 3.63) is 11.9 Å². The first-order valence-electron chi connectivity index (χ1n) is 6.43. The van der Waals surface area contributed by atoms with Gasteiger partial charge >= 0.3 is 0 Å². The fourth-order valence-corrected chi connectivity index (χ4v) is 2.16. The van der Waals surface area contributed by atoms with Gasteiger partial charge in [-0.3, -0.25) is 0 Å². The van der Waals surface area contributed by atoms with Crippen LogP contribution in [0.1, 0.15) is 51.8 Å². The number of anilines is 1. The first-order chi connectivity index (χ1) is 7.61. The molecular formula is C13H23N3. The van der Waals surface area contributed by atoms with Crippen LogP contribution in [-0.2, 0) is 0 Å². The van der Waals surface area contributed by atoms with Crippen LogP contribution < -0.4 is 5.32 Å². The molecule has 0 aliphatic heterocycles. The van der Waals surface area contributed by atoms with Crippen LogP contribution in [0.2, 0.25) is 0 Å². The standard InChI is InChI=1S/C13H23N3/c1-5-12(9(2)3)15-13-14-10(4)8-16(13)11-6-7-11/h8-9,11-12H,5-7H2,1-4H3,(H,14,15). The maximum atomic E-state index is 4.59. The molecule has 1 N–H and O–H groups in total. The van der Waals surface area contributed by atoms with Crippen molar-refractivity contribution < 1.29 is 0 Å². The van der Waals surface area contributed by atoms with E-state index in [0.717, 1.165) is 18.1 Å². The SMILES string of the molecule is CCC(Nc1nc(C)cn1C1CC1)C(C)C. The van der Waals surface area contributed by atoms with Crippen LogP contribution in [0, 0.1) is 12.8 Å².